The molecular formula is C24H42O7S. The molecule has 2 fully saturated rings. The number of hydrogen-bond acceptors (Lipinski definition) is 6. The molecule has 0 amide bonds. The second-order valence-electron chi connectivity index (χ2n) is 9.64. The monoisotopic (exact) mass is 474 g/mol. The van der Waals surface area contributed by atoms with Gasteiger partial charge in [0.2, 0.25) is 0 Å². The van der Waals surface area contributed by atoms with Crippen molar-refractivity contribution in [3.63, 3.8) is 0 Å². The van der Waals surface area contributed by atoms with Crippen molar-refractivity contribution in [2.24, 2.45) is 11.8 Å². The number of rotatable bonds is 10. The first-order valence-electron chi connectivity index (χ1n) is 12.5. The molecule has 0 heterocycles. The number of carbonyl (C=O) groups is 2. The Balaban J connectivity index is 2.19. The van der Waals surface area contributed by atoms with Crippen molar-refractivity contribution in [3.05, 3.63) is 0 Å². The summed E-state index contributed by atoms with van der Waals surface area (Å²) in [6.45, 7) is 7.99. The third-order valence-electron chi connectivity index (χ3n) is 8.07. The molecule has 1 N–H and O–H groups in total. The van der Waals surface area contributed by atoms with E-state index in [0.717, 1.165) is 57.8 Å². The highest BCUT2D eigenvalue weighted by Gasteiger charge is 2.47. The van der Waals surface area contributed by atoms with Crippen LogP contribution in [0.25, 0.3) is 0 Å². The third kappa shape index (κ3) is 6.04. The average molecular weight is 475 g/mol. The van der Waals surface area contributed by atoms with Crippen LogP contribution in [0.5, 0.6) is 0 Å². The molecule has 2 aliphatic rings. The first-order chi connectivity index (χ1) is 15.1. The van der Waals surface area contributed by atoms with Crippen molar-refractivity contribution >= 4 is 22.1 Å². The van der Waals surface area contributed by atoms with Gasteiger partial charge in [-0.25, -0.2) is 0 Å². The van der Waals surface area contributed by atoms with Crippen LogP contribution in [-0.2, 0) is 29.2 Å². The Morgan fingerprint density at radius 2 is 1.34 bits per heavy atom. The Morgan fingerprint density at radius 3 is 1.75 bits per heavy atom. The molecule has 2 rings (SSSR count). The first kappa shape index (κ1) is 27.1. The van der Waals surface area contributed by atoms with Gasteiger partial charge in [-0.3, -0.25) is 14.1 Å². The van der Waals surface area contributed by atoms with Gasteiger partial charge in [-0.1, -0.05) is 40.5 Å². The van der Waals surface area contributed by atoms with Crippen LogP contribution in [0.4, 0.5) is 0 Å². The van der Waals surface area contributed by atoms with E-state index < -0.39 is 44.9 Å². The maximum absolute atomic E-state index is 13.0. The molecule has 186 valence electrons. The Hall–Kier alpha value is -1.15. The smallest absolute Gasteiger partial charge is 0.328 e. The molecule has 0 radical (unpaired) electrons. The van der Waals surface area contributed by atoms with E-state index in [1.807, 2.05) is 20.8 Å². The lowest BCUT2D eigenvalue weighted by Gasteiger charge is -2.43. The number of esters is 2. The van der Waals surface area contributed by atoms with E-state index in [-0.39, 0.29) is 11.8 Å². The van der Waals surface area contributed by atoms with Gasteiger partial charge >= 0.3 is 11.9 Å². The zero-order chi connectivity index (χ0) is 24.0. The second kappa shape index (κ2) is 11.3. The summed E-state index contributed by atoms with van der Waals surface area (Å²) in [5.74, 6) is -1.48. The first-order valence-corrected chi connectivity index (χ1v) is 14.0. The van der Waals surface area contributed by atoms with E-state index in [0.29, 0.717) is 19.3 Å². The van der Waals surface area contributed by atoms with Gasteiger partial charge < -0.3 is 9.47 Å². The quantitative estimate of drug-likeness (QED) is 0.342. The SMILES string of the molecule is CCC1CCCCC1(CC)OC(=O)CC(C(=O)OC1(CC)CCCCC1CC)S(=O)(=O)O. The summed E-state index contributed by atoms with van der Waals surface area (Å²) in [4.78, 5) is 25.9. The van der Waals surface area contributed by atoms with Crippen LogP contribution in [0.1, 0.15) is 111 Å². The van der Waals surface area contributed by atoms with Crippen molar-refractivity contribution in [1.29, 1.82) is 0 Å². The topological polar surface area (TPSA) is 107 Å². The summed E-state index contributed by atoms with van der Waals surface area (Å²) < 4.78 is 45.7. The van der Waals surface area contributed by atoms with Crippen LogP contribution < -0.4 is 0 Å². The fourth-order valence-electron chi connectivity index (χ4n) is 6.06. The zero-order valence-corrected chi connectivity index (χ0v) is 21.0. The van der Waals surface area contributed by atoms with Gasteiger partial charge in [-0.15, -0.1) is 0 Å². The van der Waals surface area contributed by atoms with Crippen molar-refractivity contribution in [1.82, 2.24) is 0 Å². The molecule has 0 bridgehead atoms. The number of hydrogen-bond donors (Lipinski definition) is 1. The molecule has 32 heavy (non-hydrogen) atoms. The molecule has 0 aromatic rings. The summed E-state index contributed by atoms with van der Waals surface area (Å²) in [6, 6.07) is 0. The van der Waals surface area contributed by atoms with E-state index in [1.165, 1.54) is 0 Å². The van der Waals surface area contributed by atoms with Gasteiger partial charge in [0.25, 0.3) is 10.1 Å². The van der Waals surface area contributed by atoms with Crippen LogP contribution in [-0.4, -0.2) is 41.4 Å². The predicted molar refractivity (Wildman–Crippen MR) is 123 cm³/mol. The van der Waals surface area contributed by atoms with Crippen molar-refractivity contribution in [3.8, 4) is 0 Å². The highest BCUT2D eigenvalue weighted by molar-refractivity contribution is 7.87. The van der Waals surface area contributed by atoms with Crippen molar-refractivity contribution in [2.45, 2.75) is 128 Å². The third-order valence-corrected chi connectivity index (χ3v) is 9.15. The maximum atomic E-state index is 13.0. The van der Waals surface area contributed by atoms with Crippen LogP contribution in [0.2, 0.25) is 0 Å². The number of carbonyl (C=O) groups excluding carboxylic acids is 2. The lowest BCUT2D eigenvalue weighted by Crippen LogP contribution is -2.48. The summed E-state index contributed by atoms with van der Waals surface area (Å²) in [5.41, 5.74) is -1.39. The van der Waals surface area contributed by atoms with Gasteiger partial charge in [-0.05, 0) is 76.0 Å². The summed E-state index contributed by atoms with van der Waals surface area (Å²) in [5, 5.41) is -1.96. The van der Waals surface area contributed by atoms with E-state index >= 15 is 0 Å². The zero-order valence-electron chi connectivity index (χ0n) is 20.2. The molecule has 0 aliphatic heterocycles. The molecular weight excluding hydrogens is 432 g/mol. The van der Waals surface area contributed by atoms with Gasteiger partial charge in [0.05, 0.1) is 6.42 Å². The lowest BCUT2D eigenvalue weighted by atomic mass is 9.72. The largest absolute Gasteiger partial charge is 0.459 e. The molecule has 0 aromatic carbocycles. The fourth-order valence-corrected chi connectivity index (χ4v) is 6.69. The molecule has 0 saturated heterocycles. The predicted octanol–water partition coefficient (Wildman–Crippen LogP) is 5.22. The minimum absolute atomic E-state index is 0.134. The second-order valence-corrected chi connectivity index (χ2v) is 11.2. The lowest BCUT2D eigenvalue weighted by molar-refractivity contribution is -0.178. The molecule has 2 saturated carbocycles. The van der Waals surface area contributed by atoms with Crippen LogP contribution >= 0.6 is 0 Å². The maximum Gasteiger partial charge on any atom is 0.328 e. The molecule has 5 atom stereocenters. The normalized spacial score (nSPS) is 32.2. The summed E-state index contributed by atoms with van der Waals surface area (Å²) in [7, 11) is -4.83. The highest BCUT2D eigenvalue weighted by Crippen LogP contribution is 2.43. The van der Waals surface area contributed by atoms with Gasteiger partial charge in [-0.2, -0.15) is 8.42 Å². The molecule has 7 nitrogen and oxygen atoms in total. The molecule has 0 spiro atoms. The Morgan fingerprint density at radius 1 is 0.875 bits per heavy atom. The minimum atomic E-state index is -4.83. The average Bonchev–Trinajstić information content (AvgIpc) is 2.77. The van der Waals surface area contributed by atoms with E-state index in [2.05, 4.69) is 6.92 Å². The van der Waals surface area contributed by atoms with Crippen LogP contribution in [0.15, 0.2) is 0 Å². The number of ether oxygens (including phenoxy) is 2. The molecule has 2 aliphatic carbocycles. The minimum Gasteiger partial charge on any atom is -0.459 e. The fraction of sp³-hybridized carbons (Fsp3) is 0.917. The summed E-state index contributed by atoms with van der Waals surface area (Å²) in [6.07, 6.45) is 9.37. The molecule has 0 aromatic heterocycles. The Bertz CT molecular complexity index is 749. The standard InChI is InChI=1S/C24H42O7S/c1-5-18-13-9-11-15-23(18,7-3)30-21(25)17-20(32(27,28)29)22(26)31-24(8-4)16-12-10-14-19(24)6-2/h18-20H,5-17H2,1-4H3,(H,27,28,29). The van der Waals surface area contributed by atoms with Crippen LogP contribution in [0, 0.1) is 11.8 Å². The molecule has 8 heteroatoms. The van der Waals surface area contributed by atoms with Gasteiger partial charge in [0.1, 0.15) is 11.2 Å². The van der Waals surface area contributed by atoms with Gasteiger partial charge in [0.15, 0.2) is 5.25 Å². The Kier molecular flexibility index (Phi) is 9.58. The van der Waals surface area contributed by atoms with Crippen molar-refractivity contribution in [2.75, 3.05) is 0 Å². The van der Waals surface area contributed by atoms with E-state index in [9.17, 15) is 22.6 Å². The van der Waals surface area contributed by atoms with E-state index in [1.54, 1.807) is 0 Å². The van der Waals surface area contributed by atoms with Crippen molar-refractivity contribution < 1.29 is 32.0 Å². The summed E-state index contributed by atoms with van der Waals surface area (Å²) >= 11 is 0. The molecule has 5 unspecified atom stereocenters. The Labute approximate surface area is 193 Å². The highest BCUT2D eigenvalue weighted by atomic mass is 32.2. The van der Waals surface area contributed by atoms with E-state index in [4.69, 9.17) is 9.47 Å². The van der Waals surface area contributed by atoms with Gasteiger partial charge in [0, 0.05) is 0 Å². The van der Waals surface area contributed by atoms with Crippen LogP contribution in [0.3, 0.4) is 0 Å².